The molecule has 1 aliphatic carbocycles. The minimum atomic E-state index is 0.376. The van der Waals surface area contributed by atoms with Gasteiger partial charge in [-0.2, -0.15) is 11.8 Å². The highest BCUT2D eigenvalue weighted by molar-refractivity contribution is 7.99. The van der Waals surface area contributed by atoms with Crippen LogP contribution in [0.5, 0.6) is 0 Å². The summed E-state index contributed by atoms with van der Waals surface area (Å²) in [4.78, 5) is 0. The quantitative estimate of drug-likeness (QED) is 0.705. The van der Waals surface area contributed by atoms with Gasteiger partial charge in [-0.1, -0.05) is 12.8 Å². The third kappa shape index (κ3) is 4.02. The van der Waals surface area contributed by atoms with Crippen molar-refractivity contribution >= 4 is 11.8 Å². The predicted octanol–water partition coefficient (Wildman–Crippen LogP) is 2.26. The van der Waals surface area contributed by atoms with Gasteiger partial charge >= 0.3 is 0 Å². The summed E-state index contributed by atoms with van der Waals surface area (Å²) in [5.74, 6) is 3.50. The molecule has 0 unspecified atom stereocenters. The van der Waals surface area contributed by atoms with Crippen molar-refractivity contribution < 1.29 is 0 Å². The van der Waals surface area contributed by atoms with E-state index in [1.807, 2.05) is 11.8 Å². The van der Waals surface area contributed by atoms with Crippen molar-refractivity contribution in [3.63, 3.8) is 0 Å². The van der Waals surface area contributed by atoms with Crippen LogP contribution in [0.1, 0.15) is 32.6 Å². The first kappa shape index (κ1) is 9.40. The van der Waals surface area contributed by atoms with Gasteiger partial charge < -0.3 is 5.73 Å². The standard InChI is InChI=1S/C9H19NS/c1-8(10)6-11-7-9-4-2-3-5-9/h8-9H,2-7,10H2,1H3/t8-/m1/s1. The smallest absolute Gasteiger partial charge is 0.0101 e. The van der Waals surface area contributed by atoms with E-state index >= 15 is 0 Å². The van der Waals surface area contributed by atoms with E-state index in [9.17, 15) is 0 Å². The van der Waals surface area contributed by atoms with Gasteiger partial charge in [0.15, 0.2) is 0 Å². The molecule has 66 valence electrons. The Morgan fingerprint density at radius 1 is 1.45 bits per heavy atom. The summed E-state index contributed by atoms with van der Waals surface area (Å²) in [5, 5.41) is 0. The molecule has 0 bridgehead atoms. The molecule has 0 aromatic carbocycles. The van der Waals surface area contributed by atoms with Crippen LogP contribution in [0.25, 0.3) is 0 Å². The Kier molecular flexibility index (Phi) is 4.31. The lowest BCUT2D eigenvalue weighted by Gasteiger charge is -2.09. The molecule has 0 radical (unpaired) electrons. The lowest BCUT2D eigenvalue weighted by atomic mass is 10.1. The summed E-state index contributed by atoms with van der Waals surface area (Å²) in [5.41, 5.74) is 5.66. The lowest BCUT2D eigenvalue weighted by Crippen LogP contribution is -2.18. The average molecular weight is 173 g/mol. The average Bonchev–Trinajstić information content (AvgIpc) is 2.39. The SMILES string of the molecule is C[C@@H](N)CSCC1CCCC1. The monoisotopic (exact) mass is 173 g/mol. The second-order valence-electron chi connectivity index (χ2n) is 3.67. The second kappa shape index (κ2) is 5.04. The Morgan fingerprint density at radius 2 is 2.09 bits per heavy atom. The molecule has 2 heteroatoms. The fourth-order valence-electron chi connectivity index (χ4n) is 1.60. The summed E-state index contributed by atoms with van der Waals surface area (Å²) in [7, 11) is 0. The molecule has 1 fully saturated rings. The van der Waals surface area contributed by atoms with Crippen molar-refractivity contribution in [2.45, 2.75) is 38.6 Å². The van der Waals surface area contributed by atoms with Crippen LogP contribution in [0.15, 0.2) is 0 Å². The summed E-state index contributed by atoms with van der Waals surface area (Å²) in [6, 6.07) is 0.376. The molecule has 0 aliphatic heterocycles. The van der Waals surface area contributed by atoms with Crippen molar-refractivity contribution in [3.8, 4) is 0 Å². The number of hydrogen-bond acceptors (Lipinski definition) is 2. The summed E-state index contributed by atoms with van der Waals surface area (Å²) < 4.78 is 0. The number of rotatable bonds is 4. The van der Waals surface area contributed by atoms with E-state index in [1.165, 1.54) is 31.4 Å². The van der Waals surface area contributed by atoms with Crippen molar-refractivity contribution in [1.82, 2.24) is 0 Å². The van der Waals surface area contributed by atoms with Gasteiger partial charge in [-0.15, -0.1) is 0 Å². The van der Waals surface area contributed by atoms with E-state index in [-0.39, 0.29) is 0 Å². The largest absolute Gasteiger partial charge is 0.327 e. The van der Waals surface area contributed by atoms with Gasteiger partial charge in [0.25, 0.3) is 0 Å². The zero-order valence-corrected chi connectivity index (χ0v) is 8.20. The first-order valence-corrected chi connectivity index (χ1v) is 5.78. The van der Waals surface area contributed by atoms with Crippen LogP contribution < -0.4 is 5.73 Å². The number of hydrogen-bond donors (Lipinski definition) is 1. The van der Waals surface area contributed by atoms with E-state index in [2.05, 4.69) is 6.92 Å². The molecule has 0 aromatic rings. The summed E-state index contributed by atoms with van der Waals surface area (Å²) in [6.07, 6.45) is 5.85. The van der Waals surface area contributed by atoms with Gasteiger partial charge in [0.1, 0.15) is 0 Å². The molecule has 0 saturated heterocycles. The van der Waals surface area contributed by atoms with Crippen LogP contribution in [-0.2, 0) is 0 Å². The molecule has 2 N–H and O–H groups in total. The summed E-state index contributed by atoms with van der Waals surface area (Å²) in [6.45, 7) is 2.08. The molecule has 1 aliphatic rings. The Balaban J connectivity index is 1.94. The van der Waals surface area contributed by atoms with Gasteiger partial charge in [0.2, 0.25) is 0 Å². The Labute approximate surface area is 74.1 Å². The molecule has 1 rings (SSSR count). The first-order valence-electron chi connectivity index (χ1n) is 4.62. The van der Waals surface area contributed by atoms with E-state index in [0.29, 0.717) is 6.04 Å². The third-order valence-electron chi connectivity index (χ3n) is 2.21. The van der Waals surface area contributed by atoms with Crippen molar-refractivity contribution in [2.75, 3.05) is 11.5 Å². The normalized spacial score (nSPS) is 22.4. The molecular formula is C9H19NS. The van der Waals surface area contributed by atoms with Gasteiger partial charge in [-0.25, -0.2) is 0 Å². The topological polar surface area (TPSA) is 26.0 Å². The van der Waals surface area contributed by atoms with E-state index in [4.69, 9.17) is 5.73 Å². The van der Waals surface area contributed by atoms with Gasteiger partial charge in [-0.05, 0) is 31.4 Å². The molecule has 1 saturated carbocycles. The van der Waals surface area contributed by atoms with E-state index in [1.54, 1.807) is 0 Å². The highest BCUT2D eigenvalue weighted by Gasteiger charge is 2.14. The van der Waals surface area contributed by atoms with Crippen molar-refractivity contribution in [1.29, 1.82) is 0 Å². The molecule has 0 spiro atoms. The Hall–Kier alpha value is 0.310. The highest BCUT2D eigenvalue weighted by atomic mass is 32.2. The minimum Gasteiger partial charge on any atom is -0.327 e. The zero-order chi connectivity index (χ0) is 8.10. The maximum absolute atomic E-state index is 5.66. The van der Waals surface area contributed by atoms with Crippen molar-refractivity contribution in [3.05, 3.63) is 0 Å². The van der Waals surface area contributed by atoms with Crippen molar-refractivity contribution in [2.24, 2.45) is 11.7 Å². The fourth-order valence-corrected chi connectivity index (χ4v) is 2.77. The van der Waals surface area contributed by atoms with Gasteiger partial charge in [0, 0.05) is 11.8 Å². The number of nitrogens with two attached hydrogens (primary N) is 1. The van der Waals surface area contributed by atoms with Gasteiger partial charge in [-0.3, -0.25) is 0 Å². The van der Waals surface area contributed by atoms with Crippen LogP contribution >= 0.6 is 11.8 Å². The van der Waals surface area contributed by atoms with Crippen LogP contribution in [0.3, 0.4) is 0 Å². The maximum atomic E-state index is 5.66. The molecule has 0 amide bonds. The minimum absolute atomic E-state index is 0.376. The van der Waals surface area contributed by atoms with Crippen LogP contribution in [0, 0.1) is 5.92 Å². The summed E-state index contributed by atoms with van der Waals surface area (Å²) >= 11 is 2.03. The molecule has 0 aromatic heterocycles. The van der Waals surface area contributed by atoms with Crippen LogP contribution in [0.2, 0.25) is 0 Å². The number of thioether (sulfide) groups is 1. The molecule has 1 nitrogen and oxygen atoms in total. The third-order valence-corrected chi connectivity index (χ3v) is 3.68. The first-order chi connectivity index (χ1) is 5.29. The van der Waals surface area contributed by atoms with Crippen LogP contribution in [0.4, 0.5) is 0 Å². The lowest BCUT2D eigenvalue weighted by molar-refractivity contribution is 0.622. The molecule has 11 heavy (non-hydrogen) atoms. The van der Waals surface area contributed by atoms with E-state index in [0.717, 1.165) is 11.7 Å². The molecule has 1 atom stereocenters. The molecular weight excluding hydrogens is 154 g/mol. The van der Waals surface area contributed by atoms with Crippen LogP contribution in [-0.4, -0.2) is 17.5 Å². The highest BCUT2D eigenvalue weighted by Crippen LogP contribution is 2.27. The van der Waals surface area contributed by atoms with E-state index < -0.39 is 0 Å². The van der Waals surface area contributed by atoms with Gasteiger partial charge in [0.05, 0.1) is 0 Å². The Bertz CT molecular complexity index is 97.7. The fraction of sp³-hybridized carbons (Fsp3) is 1.00. The zero-order valence-electron chi connectivity index (χ0n) is 7.38. The predicted molar refractivity (Wildman–Crippen MR) is 52.9 cm³/mol. The second-order valence-corrected chi connectivity index (χ2v) is 4.74. The molecule has 0 heterocycles. The Morgan fingerprint density at radius 3 is 2.64 bits per heavy atom. The maximum Gasteiger partial charge on any atom is 0.0101 e.